The number of rotatable bonds is 1. The monoisotopic (exact) mass is 243 g/mol. The highest BCUT2D eigenvalue weighted by Crippen LogP contribution is 2.31. The van der Waals surface area contributed by atoms with Gasteiger partial charge in [0.25, 0.3) is 0 Å². The zero-order valence-corrected chi connectivity index (χ0v) is 10.3. The molecule has 0 aliphatic rings. The van der Waals surface area contributed by atoms with E-state index >= 15 is 0 Å². The summed E-state index contributed by atoms with van der Waals surface area (Å²) in [5.41, 5.74) is 4.24. The molecule has 0 fully saturated rings. The fourth-order valence-electron chi connectivity index (χ4n) is 2.48. The van der Waals surface area contributed by atoms with E-state index in [-0.39, 0.29) is 0 Å². The standard InChI is InChI=1S/C18H11O/c1-2-6-13(7-3-1)14-10-11-18-16(12-14)15-8-4-5-9-17(15)19-18/h1-2,4-12H. The molecular formula is C18H11O. The highest BCUT2D eigenvalue weighted by atomic mass is 16.3. The van der Waals surface area contributed by atoms with Crippen LogP contribution in [0.5, 0.6) is 0 Å². The summed E-state index contributed by atoms with van der Waals surface area (Å²) < 4.78 is 5.84. The Kier molecular flexibility index (Phi) is 2.18. The van der Waals surface area contributed by atoms with Gasteiger partial charge in [-0.05, 0) is 41.5 Å². The normalized spacial score (nSPS) is 11.2. The predicted octanol–water partition coefficient (Wildman–Crippen LogP) is 5.05. The largest absolute Gasteiger partial charge is 0.456 e. The molecule has 4 rings (SSSR count). The third-order valence-corrected chi connectivity index (χ3v) is 3.42. The van der Waals surface area contributed by atoms with Crippen molar-refractivity contribution < 1.29 is 4.42 Å². The second-order valence-corrected chi connectivity index (χ2v) is 4.60. The van der Waals surface area contributed by atoms with Crippen LogP contribution in [-0.2, 0) is 0 Å². The second-order valence-electron chi connectivity index (χ2n) is 4.60. The zero-order chi connectivity index (χ0) is 12.7. The zero-order valence-electron chi connectivity index (χ0n) is 10.3. The SMILES string of the molecule is [c]1cccc(-c2ccc3oc4ccccc4c3c2)c1. The van der Waals surface area contributed by atoms with Gasteiger partial charge in [-0.3, -0.25) is 0 Å². The summed E-state index contributed by atoms with van der Waals surface area (Å²) in [6, 6.07) is 25.6. The fourth-order valence-corrected chi connectivity index (χ4v) is 2.48. The van der Waals surface area contributed by atoms with E-state index < -0.39 is 0 Å². The Balaban J connectivity index is 2.03. The molecule has 89 valence electrons. The lowest BCUT2D eigenvalue weighted by Crippen LogP contribution is -1.76. The van der Waals surface area contributed by atoms with Gasteiger partial charge >= 0.3 is 0 Å². The molecule has 0 aliphatic heterocycles. The first-order chi connectivity index (χ1) is 9.42. The van der Waals surface area contributed by atoms with Crippen molar-refractivity contribution in [2.24, 2.45) is 0 Å². The number of hydrogen-bond donors (Lipinski definition) is 0. The number of fused-ring (bicyclic) bond motifs is 3. The van der Waals surface area contributed by atoms with Crippen molar-refractivity contribution in [2.45, 2.75) is 0 Å². The van der Waals surface area contributed by atoms with E-state index in [0.29, 0.717) is 0 Å². The van der Waals surface area contributed by atoms with Crippen LogP contribution in [0.25, 0.3) is 33.1 Å². The van der Waals surface area contributed by atoms with Crippen molar-refractivity contribution in [3.05, 3.63) is 72.8 Å². The van der Waals surface area contributed by atoms with E-state index in [1.165, 1.54) is 16.5 Å². The molecule has 0 unspecified atom stereocenters. The highest BCUT2D eigenvalue weighted by molar-refractivity contribution is 6.06. The molecule has 0 saturated carbocycles. The molecule has 0 amide bonds. The van der Waals surface area contributed by atoms with Crippen molar-refractivity contribution in [2.75, 3.05) is 0 Å². The van der Waals surface area contributed by atoms with Gasteiger partial charge in [-0.15, -0.1) is 0 Å². The van der Waals surface area contributed by atoms with Crippen molar-refractivity contribution in [3.8, 4) is 11.1 Å². The molecule has 0 spiro atoms. The summed E-state index contributed by atoms with van der Waals surface area (Å²) in [7, 11) is 0. The first-order valence-electron chi connectivity index (χ1n) is 6.29. The van der Waals surface area contributed by atoms with Crippen LogP contribution in [0, 0.1) is 6.07 Å². The molecule has 0 N–H and O–H groups in total. The van der Waals surface area contributed by atoms with Crippen molar-refractivity contribution in [1.82, 2.24) is 0 Å². The Morgan fingerprint density at radius 1 is 0.737 bits per heavy atom. The van der Waals surface area contributed by atoms with Crippen molar-refractivity contribution >= 4 is 21.9 Å². The van der Waals surface area contributed by atoms with Gasteiger partial charge in [0.2, 0.25) is 0 Å². The van der Waals surface area contributed by atoms with Gasteiger partial charge in [-0.25, -0.2) is 0 Å². The third kappa shape index (κ3) is 1.63. The molecule has 19 heavy (non-hydrogen) atoms. The first-order valence-corrected chi connectivity index (χ1v) is 6.29. The molecular weight excluding hydrogens is 232 g/mol. The number of para-hydroxylation sites is 1. The van der Waals surface area contributed by atoms with Crippen molar-refractivity contribution in [3.63, 3.8) is 0 Å². The Morgan fingerprint density at radius 2 is 1.63 bits per heavy atom. The summed E-state index contributed by atoms with van der Waals surface area (Å²) >= 11 is 0. The number of benzene rings is 3. The molecule has 1 radical (unpaired) electrons. The van der Waals surface area contributed by atoms with E-state index in [2.05, 4.69) is 30.3 Å². The summed E-state index contributed by atoms with van der Waals surface area (Å²) in [4.78, 5) is 0. The van der Waals surface area contributed by atoms with E-state index in [1.54, 1.807) is 0 Å². The fraction of sp³-hybridized carbons (Fsp3) is 0. The van der Waals surface area contributed by atoms with Gasteiger partial charge < -0.3 is 4.42 Å². The van der Waals surface area contributed by atoms with E-state index in [0.717, 1.165) is 16.6 Å². The van der Waals surface area contributed by atoms with Crippen LogP contribution in [0.2, 0.25) is 0 Å². The Bertz CT molecular complexity index is 857. The van der Waals surface area contributed by atoms with E-state index in [4.69, 9.17) is 4.42 Å². The van der Waals surface area contributed by atoms with Gasteiger partial charge in [0.1, 0.15) is 11.2 Å². The highest BCUT2D eigenvalue weighted by Gasteiger charge is 2.07. The topological polar surface area (TPSA) is 13.1 Å². The lowest BCUT2D eigenvalue weighted by atomic mass is 10.0. The van der Waals surface area contributed by atoms with Gasteiger partial charge in [0.05, 0.1) is 0 Å². The maximum atomic E-state index is 5.84. The molecule has 3 aromatic carbocycles. The maximum absolute atomic E-state index is 5.84. The van der Waals surface area contributed by atoms with Crippen LogP contribution in [0.15, 0.2) is 71.1 Å². The predicted molar refractivity (Wildman–Crippen MR) is 78.0 cm³/mol. The number of furan rings is 1. The minimum absolute atomic E-state index is 0.935. The first kappa shape index (κ1) is 10.4. The minimum Gasteiger partial charge on any atom is -0.456 e. The molecule has 0 atom stereocenters. The maximum Gasteiger partial charge on any atom is 0.135 e. The van der Waals surface area contributed by atoms with Crippen LogP contribution in [0.3, 0.4) is 0 Å². The molecule has 1 heterocycles. The van der Waals surface area contributed by atoms with E-state index in [1.807, 2.05) is 42.5 Å². The molecule has 4 aromatic rings. The van der Waals surface area contributed by atoms with Gasteiger partial charge in [0, 0.05) is 10.8 Å². The molecule has 0 saturated heterocycles. The van der Waals surface area contributed by atoms with Crippen LogP contribution in [-0.4, -0.2) is 0 Å². The van der Waals surface area contributed by atoms with Crippen molar-refractivity contribution in [1.29, 1.82) is 0 Å². The molecule has 0 bridgehead atoms. The third-order valence-electron chi connectivity index (χ3n) is 3.42. The van der Waals surface area contributed by atoms with Gasteiger partial charge in [0.15, 0.2) is 0 Å². The number of hydrogen-bond acceptors (Lipinski definition) is 1. The molecule has 1 nitrogen and oxygen atoms in total. The van der Waals surface area contributed by atoms with Gasteiger partial charge in [-0.1, -0.05) is 42.5 Å². The van der Waals surface area contributed by atoms with Crippen LogP contribution < -0.4 is 0 Å². The Morgan fingerprint density at radius 3 is 2.53 bits per heavy atom. The average Bonchev–Trinajstić information content (AvgIpc) is 2.86. The Hall–Kier alpha value is -2.54. The van der Waals surface area contributed by atoms with E-state index in [9.17, 15) is 0 Å². The van der Waals surface area contributed by atoms with Gasteiger partial charge in [-0.2, -0.15) is 0 Å². The summed E-state index contributed by atoms with van der Waals surface area (Å²) in [6.45, 7) is 0. The minimum atomic E-state index is 0.935. The summed E-state index contributed by atoms with van der Waals surface area (Å²) in [5.74, 6) is 0. The smallest absolute Gasteiger partial charge is 0.135 e. The molecule has 1 aromatic heterocycles. The lowest BCUT2D eigenvalue weighted by Gasteiger charge is -2.00. The Labute approximate surface area is 111 Å². The quantitative estimate of drug-likeness (QED) is 0.455. The summed E-state index contributed by atoms with van der Waals surface area (Å²) in [5, 5.41) is 2.33. The van der Waals surface area contributed by atoms with Crippen LogP contribution >= 0.6 is 0 Å². The molecule has 1 heteroatoms. The van der Waals surface area contributed by atoms with Crippen LogP contribution in [0.4, 0.5) is 0 Å². The average molecular weight is 243 g/mol. The molecule has 0 aliphatic carbocycles. The second kappa shape index (κ2) is 3.99. The van der Waals surface area contributed by atoms with Crippen LogP contribution in [0.1, 0.15) is 0 Å². The summed E-state index contributed by atoms with van der Waals surface area (Å²) in [6.07, 6.45) is 0. The lowest BCUT2D eigenvalue weighted by molar-refractivity contribution is 0.669.